The quantitative estimate of drug-likeness (QED) is 0.811. The monoisotopic (exact) mass is 409 g/mol. The average molecular weight is 410 g/mol. The highest BCUT2D eigenvalue weighted by Gasteiger charge is 2.45. The summed E-state index contributed by atoms with van der Waals surface area (Å²) in [7, 11) is -7.50. The summed E-state index contributed by atoms with van der Waals surface area (Å²) in [6, 6.07) is 13.0. The Labute approximate surface area is 160 Å². The third-order valence-electron chi connectivity index (χ3n) is 4.76. The van der Waals surface area contributed by atoms with Crippen LogP contribution in [0.25, 0.3) is 0 Å². The highest BCUT2D eigenvalue weighted by atomic mass is 32.2. The fraction of sp³-hybridized carbons (Fsp3) is 0.368. The summed E-state index contributed by atoms with van der Waals surface area (Å²) in [5, 5.41) is 10.3. The Kier molecular flexibility index (Phi) is 5.45. The molecule has 27 heavy (non-hydrogen) atoms. The number of rotatable bonds is 5. The molecule has 2 aromatic rings. The molecule has 0 saturated carbocycles. The van der Waals surface area contributed by atoms with Gasteiger partial charge in [0.2, 0.25) is 10.0 Å². The number of nitrogens with zero attached hydrogens (tertiary/aromatic N) is 1. The molecule has 146 valence electrons. The van der Waals surface area contributed by atoms with E-state index in [2.05, 4.69) is 0 Å². The molecule has 1 heterocycles. The van der Waals surface area contributed by atoms with Crippen LogP contribution in [0.4, 0.5) is 0 Å². The predicted molar refractivity (Wildman–Crippen MR) is 104 cm³/mol. The van der Waals surface area contributed by atoms with Gasteiger partial charge in [-0.25, -0.2) is 16.8 Å². The summed E-state index contributed by atoms with van der Waals surface area (Å²) in [4.78, 5) is 0.125. The molecule has 1 aliphatic heterocycles. The van der Waals surface area contributed by atoms with E-state index in [4.69, 9.17) is 0 Å². The van der Waals surface area contributed by atoms with Gasteiger partial charge in [-0.15, -0.1) is 0 Å². The van der Waals surface area contributed by atoms with Gasteiger partial charge in [0.25, 0.3) is 0 Å². The largest absolute Gasteiger partial charge is 0.390 e. The maximum atomic E-state index is 13.4. The topological polar surface area (TPSA) is 91.8 Å². The molecule has 0 unspecified atom stereocenters. The van der Waals surface area contributed by atoms with Crippen molar-refractivity contribution in [2.45, 2.75) is 37.4 Å². The predicted octanol–water partition coefficient (Wildman–Crippen LogP) is 1.65. The first-order valence-electron chi connectivity index (χ1n) is 8.62. The van der Waals surface area contributed by atoms with E-state index in [9.17, 15) is 21.9 Å². The lowest BCUT2D eigenvalue weighted by Gasteiger charge is -2.30. The second-order valence-corrected chi connectivity index (χ2v) is 11.0. The zero-order valence-corrected chi connectivity index (χ0v) is 16.9. The molecule has 3 rings (SSSR count). The zero-order chi connectivity index (χ0) is 19.8. The molecule has 2 aromatic carbocycles. The van der Waals surface area contributed by atoms with E-state index >= 15 is 0 Å². The third kappa shape index (κ3) is 4.24. The molecule has 0 aliphatic carbocycles. The van der Waals surface area contributed by atoms with Crippen LogP contribution < -0.4 is 0 Å². The SMILES string of the molecule is Cc1ccc(S(=O)(=O)N(Cc2ccccc2)[C@@H]2CS(=O)(=O)C[C@H]2O)c(C)c1. The average Bonchev–Trinajstić information content (AvgIpc) is 2.85. The van der Waals surface area contributed by atoms with E-state index in [1.54, 1.807) is 43.3 Å². The molecular weight excluding hydrogens is 386 g/mol. The molecule has 0 aromatic heterocycles. The van der Waals surface area contributed by atoms with Crippen molar-refractivity contribution >= 4 is 19.9 Å². The van der Waals surface area contributed by atoms with E-state index in [-0.39, 0.29) is 17.2 Å². The summed E-state index contributed by atoms with van der Waals surface area (Å²) in [5.41, 5.74) is 2.25. The Morgan fingerprint density at radius 1 is 1.07 bits per heavy atom. The van der Waals surface area contributed by atoms with E-state index in [1.807, 2.05) is 13.0 Å². The van der Waals surface area contributed by atoms with Crippen LogP contribution in [0.1, 0.15) is 16.7 Å². The lowest BCUT2D eigenvalue weighted by molar-refractivity contribution is 0.125. The Morgan fingerprint density at radius 2 is 1.74 bits per heavy atom. The van der Waals surface area contributed by atoms with Crippen LogP contribution in [-0.4, -0.2) is 49.9 Å². The molecule has 0 spiro atoms. The molecular formula is C19H23NO5S2. The third-order valence-corrected chi connectivity index (χ3v) is 8.49. The fourth-order valence-electron chi connectivity index (χ4n) is 3.44. The van der Waals surface area contributed by atoms with Crippen molar-refractivity contribution < 1.29 is 21.9 Å². The second kappa shape index (κ2) is 7.35. The Hall–Kier alpha value is -1.74. The van der Waals surface area contributed by atoms with Crippen LogP contribution in [0.3, 0.4) is 0 Å². The molecule has 8 heteroatoms. The van der Waals surface area contributed by atoms with Crippen molar-refractivity contribution in [2.24, 2.45) is 0 Å². The van der Waals surface area contributed by atoms with Crippen molar-refractivity contribution in [3.8, 4) is 0 Å². The Morgan fingerprint density at radius 3 is 2.30 bits per heavy atom. The molecule has 0 bridgehead atoms. The molecule has 1 N–H and O–H groups in total. The van der Waals surface area contributed by atoms with Crippen LogP contribution in [0.2, 0.25) is 0 Å². The van der Waals surface area contributed by atoms with Gasteiger partial charge in [0.15, 0.2) is 9.84 Å². The van der Waals surface area contributed by atoms with Crippen molar-refractivity contribution in [1.29, 1.82) is 0 Å². The van der Waals surface area contributed by atoms with Crippen LogP contribution in [0.15, 0.2) is 53.4 Å². The highest BCUT2D eigenvalue weighted by molar-refractivity contribution is 7.92. The summed E-state index contributed by atoms with van der Waals surface area (Å²) >= 11 is 0. The summed E-state index contributed by atoms with van der Waals surface area (Å²) in [6.45, 7) is 3.58. The van der Waals surface area contributed by atoms with Gasteiger partial charge in [-0.3, -0.25) is 0 Å². The number of hydrogen-bond donors (Lipinski definition) is 1. The van der Waals surface area contributed by atoms with Crippen molar-refractivity contribution in [3.63, 3.8) is 0 Å². The molecule has 1 aliphatic rings. The van der Waals surface area contributed by atoms with Gasteiger partial charge < -0.3 is 5.11 Å². The molecule has 1 saturated heterocycles. The van der Waals surface area contributed by atoms with Gasteiger partial charge in [0, 0.05) is 6.54 Å². The minimum atomic E-state index is -4.00. The van der Waals surface area contributed by atoms with Gasteiger partial charge in [-0.05, 0) is 31.0 Å². The standard InChI is InChI=1S/C19H23NO5S2/c1-14-8-9-19(15(2)10-14)27(24,25)20(11-16-6-4-3-5-7-16)17-12-26(22,23)13-18(17)21/h3-10,17-18,21H,11-13H2,1-2H3/t17-,18-/m1/s1. The van der Waals surface area contributed by atoms with Gasteiger partial charge in [0.05, 0.1) is 28.5 Å². The number of aliphatic hydroxyl groups excluding tert-OH is 1. The van der Waals surface area contributed by atoms with E-state index in [0.717, 1.165) is 15.4 Å². The molecule has 0 radical (unpaired) electrons. The van der Waals surface area contributed by atoms with Crippen molar-refractivity contribution in [2.75, 3.05) is 11.5 Å². The number of sulfonamides is 1. The van der Waals surface area contributed by atoms with Gasteiger partial charge in [-0.2, -0.15) is 4.31 Å². The number of hydrogen-bond acceptors (Lipinski definition) is 5. The van der Waals surface area contributed by atoms with Crippen molar-refractivity contribution in [3.05, 3.63) is 65.2 Å². The number of sulfone groups is 1. The molecule has 0 amide bonds. The smallest absolute Gasteiger partial charge is 0.244 e. The number of benzene rings is 2. The minimum absolute atomic E-state index is 0.00621. The second-order valence-electron chi connectivity index (χ2n) is 7.02. The Balaban J connectivity index is 2.08. The first kappa shape index (κ1) is 20.0. The van der Waals surface area contributed by atoms with Crippen LogP contribution in [0, 0.1) is 13.8 Å². The summed E-state index contributed by atoms with van der Waals surface area (Å²) < 4.78 is 52.0. The van der Waals surface area contributed by atoms with Crippen LogP contribution in [-0.2, 0) is 26.4 Å². The van der Waals surface area contributed by atoms with Gasteiger partial charge in [0.1, 0.15) is 0 Å². The van der Waals surface area contributed by atoms with Crippen LogP contribution in [0.5, 0.6) is 0 Å². The fourth-order valence-corrected chi connectivity index (χ4v) is 7.19. The summed E-state index contributed by atoms with van der Waals surface area (Å²) in [5.74, 6) is -0.809. The number of aliphatic hydroxyl groups is 1. The molecule has 6 nitrogen and oxygen atoms in total. The van der Waals surface area contributed by atoms with Gasteiger partial charge in [-0.1, -0.05) is 48.0 Å². The van der Waals surface area contributed by atoms with E-state index < -0.39 is 37.8 Å². The maximum absolute atomic E-state index is 13.4. The molecule has 2 atom stereocenters. The zero-order valence-electron chi connectivity index (χ0n) is 15.2. The Bertz CT molecular complexity index is 1030. The van der Waals surface area contributed by atoms with E-state index in [0.29, 0.717) is 5.56 Å². The van der Waals surface area contributed by atoms with Gasteiger partial charge >= 0.3 is 0 Å². The summed E-state index contributed by atoms with van der Waals surface area (Å²) in [6.07, 6.45) is -1.25. The number of aryl methyl sites for hydroxylation is 2. The molecule has 1 fully saturated rings. The van der Waals surface area contributed by atoms with E-state index in [1.165, 1.54) is 6.07 Å². The first-order valence-corrected chi connectivity index (χ1v) is 11.9. The maximum Gasteiger partial charge on any atom is 0.244 e. The highest BCUT2D eigenvalue weighted by Crippen LogP contribution is 2.29. The lowest BCUT2D eigenvalue weighted by Crippen LogP contribution is -2.46. The lowest BCUT2D eigenvalue weighted by atomic mass is 10.2. The van der Waals surface area contributed by atoms with Crippen LogP contribution >= 0.6 is 0 Å². The van der Waals surface area contributed by atoms with Crippen molar-refractivity contribution in [1.82, 2.24) is 4.31 Å². The normalized spacial score (nSPS) is 22.2. The minimum Gasteiger partial charge on any atom is -0.390 e. The first-order chi connectivity index (χ1) is 12.6.